The summed E-state index contributed by atoms with van der Waals surface area (Å²) in [6.45, 7) is 7.37. The molecule has 0 bridgehead atoms. The Hall–Kier alpha value is -2.08. The number of quaternary nitrogens is 2. The third-order valence-electron chi connectivity index (χ3n) is 5.79. The maximum absolute atomic E-state index is 12.8. The van der Waals surface area contributed by atoms with Gasteiger partial charge in [0.25, 0.3) is 5.91 Å². The van der Waals surface area contributed by atoms with Crippen molar-refractivity contribution < 1.29 is 19.3 Å². The van der Waals surface area contributed by atoms with Gasteiger partial charge in [-0.05, 0) is 42.3 Å². The number of carbonyl (C=O) groups is 1. The number of amides is 1. The zero-order valence-electron chi connectivity index (χ0n) is 16.1. The topological polar surface area (TPSA) is 38.4 Å². The molecule has 1 saturated heterocycles. The van der Waals surface area contributed by atoms with Gasteiger partial charge in [0.2, 0.25) is 0 Å². The zero-order valence-corrected chi connectivity index (χ0v) is 16.9. The van der Waals surface area contributed by atoms with Crippen molar-refractivity contribution in [1.82, 2.24) is 0 Å². The Bertz CT molecular complexity index is 804. The van der Waals surface area contributed by atoms with Crippen molar-refractivity contribution in [1.29, 1.82) is 0 Å². The van der Waals surface area contributed by atoms with Gasteiger partial charge in [-0.3, -0.25) is 4.79 Å². The van der Waals surface area contributed by atoms with Crippen LogP contribution in [-0.4, -0.2) is 58.3 Å². The lowest BCUT2D eigenvalue weighted by Gasteiger charge is -2.30. The second-order valence-electron chi connectivity index (χ2n) is 7.65. The van der Waals surface area contributed by atoms with Crippen LogP contribution in [0.2, 0.25) is 5.02 Å². The number of nitrogens with zero attached hydrogens (tertiary/aromatic N) is 1. The Balaban J connectivity index is 1.18. The SMILES string of the molecule is O=C(C[NH+]1CC[NH+](CCOc2ccc(Cl)cc2)CC1)N1CCc2ccccc21. The fourth-order valence-electron chi connectivity index (χ4n) is 4.13. The minimum absolute atomic E-state index is 0.259. The molecule has 1 fully saturated rings. The van der Waals surface area contributed by atoms with Crippen LogP contribution >= 0.6 is 11.6 Å². The maximum atomic E-state index is 12.8. The first kappa shape index (κ1) is 19.2. The molecule has 0 unspecified atom stereocenters. The smallest absolute Gasteiger partial charge is 0.282 e. The highest BCUT2D eigenvalue weighted by Crippen LogP contribution is 2.27. The molecule has 28 heavy (non-hydrogen) atoms. The number of halogens is 1. The Morgan fingerprint density at radius 3 is 2.50 bits per heavy atom. The molecule has 2 aliphatic rings. The summed E-state index contributed by atoms with van der Waals surface area (Å²) in [5.74, 6) is 1.12. The zero-order chi connectivity index (χ0) is 19.3. The summed E-state index contributed by atoms with van der Waals surface area (Å²) in [5, 5.41) is 0.726. The Morgan fingerprint density at radius 2 is 1.71 bits per heavy atom. The van der Waals surface area contributed by atoms with Gasteiger partial charge >= 0.3 is 0 Å². The largest absolute Gasteiger partial charge is 0.488 e. The molecular weight excluding hydrogens is 374 g/mol. The van der Waals surface area contributed by atoms with Crippen molar-refractivity contribution in [2.24, 2.45) is 0 Å². The van der Waals surface area contributed by atoms with Crippen LogP contribution in [0.1, 0.15) is 5.56 Å². The number of anilines is 1. The molecule has 2 aliphatic heterocycles. The lowest BCUT2D eigenvalue weighted by Crippen LogP contribution is -3.28. The van der Waals surface area contributed by atoms with Crippen LogP contribution < -0.4 is 19.4 Å². The molecule has 0 aliphatic carbocycles. The van der Waals surface area contributed by atoms with E-state index in [-0.39, 0.29) is 5.91 Å². The second-order valence-corrected chi connectivity index (χ2v) is 8.09. The van der Waals surface area contributed by atoms with Crippen molar-refractivity contribution in [3.63, 3.8) is 0 Å². The van der Waals surface area contributed by atoms with Crippen molar-refractivity contribution in [3.8, 4) is 5.75 Å². The number of carbonyl (C=O) groups excluding carboxylic acids is 1. The number of hydrogen-bond acceptors (Lipinski definition) is 2. The number of ether oxygens (including phenoxy) is 1. The molecule has 1 amide bonds. The Morgan fingerprint density at radius 1 is 1.00 bits per heavy atom. The molecule has 0 atom stereocenters. The average Bonchev–Trinajstić information content (AvgIpc) is 3.15. The lowest BCUT2D eigenvalue weighted by molar-refractivity contribution is -1.01. The van der Waals surface area contributed by atoms with Crippen molar-refractivity contribution in [3.05, 3.63) is 59.1 Å². The van der Waals surface area contributed by atoms with Crippen LogP contribution in [0.4, 0.5) is 5.69 Å². The summed E-state index contributed by atoms with van der Waals surface area (Å²) in [4.78, 5) is 17.7. The lowest BCUT2D eigenvalue weighted by atomic mass is 10.2. The van der Waals surface area contributed by atoms with Gasteiger partial charge in [-0.25, -0.2) is 0 Å². The molecule has 2 N–H and O–H groups in total. The van der Waals surface area contributed by atoms with Crippen LogP contribution in [-0.2, 0) is 11.2 Å². The van der Waals surface area contributed by atoms with E-state index in [4.69, 9.17) is 16.3 Å². The summed E-state index contributed by atoms with van der Waals surface area (Å²) in [6.07, 6.45) is 0.975. The Kier molecular flexibility index (Phi) is 6.15. The van der Waals surface area contributed by atoms with E-state index in [1.165, 1.54) is 10.5 Å². The number of piperazine rings is 1. The first-order valence-corrected chi connectivity index (χ1v) is 10.5. The van der Waals surface area contributed by atoms with E-state index >= 15 is 0 Å². The molecule has 2 heterocycles. The van der Waals surface area contributed by atoms with Gasteiger partial charge in [0, 0.05) is 17.3 Å². The van der Waals surface area contributed by atoms with Gasteiger partial charge in [-0.15, -0.1) is 0 Å². The number of benzene rings is 2. The molecular formula is C22H28ClN3O2+2. The maximum Gasteiger partial charge on any atom is 0.282 e. The molecule has 4 rings (SSSR count). The number of hydrogen-bond donors (Lipinski definition) is 2. The second kappa shape index (κ2) is 8.95. The number of rotatable bonds is 6. The van der Waals surface area contributed by atoms with E-state index in [0.29, 0.717) is 13.2 Å². The van der Waals surface area contributed by atoms with Gasteiger partial charge in [-0.1, -0.05) is 29.8 Å². The van der Waals surface area contributed by atoms with Crippen LogP contribution in [0.15, 0.2) is 48.5 Å². The summed E-state index contributed by atoms with van der Waals surface area (Å²) in [7, 11) is 0. The molecule has 2 aromatic rings. The minimum Gasteiger partial charge on any atom is -0.488 e. The fourth-order valence-corrected chi connectivity index (χ4v) is 4.26. The third-order valence-corrected chi connectivity index (χ3v) is 6.04. The van der Waals surface area contributed by atoms with Gasteiger partial charge in [0.15, 0.2) is 6.54 Å². The molecule has 2 aromatic carbocycles. The van der Waals surface area contributed by atoms with E-state index in [2.05, 4.69) is 18.2 Å². The summed E-state index contributed by atoms with van der Waals surface area (Å²) in [5.41, 5.74) is 2.40. The highest BCUT2D eigenvalue weighted by atomic mass is 35.5. The van der Waals surface area contributed by atoms with Gasteiger partial charge in [0.1, 0.15) is 45.1 Å². The molecule has 148 valence electrons. The molecule has 6 heteroatoms. The quantitative estimate of drug-likeness (QED) is 0.720. The predicted octanol–water partition coefficient (Wildman–Crippen LogP) is 0.0915. The van der Waals surface area contributed by atoms with Crippen molar-refractivity contribution >= 4 is 23.2 Å². The molecule has 5 nitrogen and oxygen atoms in total. The van der Waals surface area contributed by atoms with Crippen LogP contribution in [0.25, 0.3) is 0 Å². The van der Waals surface area contributed by atoms with Crippen LogP contribution in [0.5, 0.6) is 5.75 Å². The first-order chi connectivity index (χ1) is 13.7. The van der Waals surface area contributed by atoms with E-state index in [1.54, 1.807) is 4.90 Å². The van der Waals surface area contributed by atoms with E-state index in [9.17, 15) is 4.79 Å². The van der Waals surface area contributed by atoms with E-state index < -0.39 is 0 Å². The first-order valence-electron chi connectivity index (χ1n) is 10.1. The van der Waals surface area contributed by atoms with Gasteiger partial charge < -0.3 is 19.4 Å². The molecule has 0 saturated carbocycles. The standard InChI is InChI=1S/C22H26ClN3O2/c23-19-5-7-20(8-6-19)28-16-15-24-11-13-25(14-12-24)17-22(27)26-10-9-18-3-1-2-4-21(18)26/h1-8H,9-17H2/p+2. The third kappa shape index (κ3) is 4.66. The summed E-state index contributed by atoms with van der Waals surface area (Å²) in [6, 6.07) is 15.8. The molecule has 0 aromatic heterocycles. The van der Waals surface area contributed by atoms with Crippen molar-refractivity contribution in [2.45, 2.75) is 6.42 Å². The fraction of sp³-hybridized carbons (Fsp3) is 0.409. The van der Waals surface area contributed by atoms with Gasteiger partial charge in [-0.2, -0.15) is 0 Å². The summed E-state index contributed by atoms with van der Waals surface area (Å²) < 4.78 is 5.81. The van der Waals surface area contributed by atoms with Gasteiger partial charge in [0.05, 0.1) is 0 Å². The highest BCUT2D eigenvalue weighted by molar-refractivity contribution is 6.30. The normalized spacial score (nSPS) is 21.4. The average molecular weight is 402 g/mol. The Labute approximate surface area is 171 Å². The summed E-state index contributed by atoms with van der Waals surface area (Å²) >= 11 is 5.89. The number of fused-ring (bicyclic) bond motifs is 1. The van der Waals surface area contributed by atoms with E-state index in [0.717, 1.165) is 62.1 Å². The molecule has 0 radical (unpaired) electrons. The molecule has 0 spiro atoms. The number of nitrogens with one attached hydrogen (secondary N) is 2. The number of para-hydroxylation sites is 1. The minimum atomic E-state index is 0.259. The van der Waals surface area contributed by atoms with Crippen LogP contribution in [0.3, 0.4) is 0 Å². The highest BCUT2D eigenvalue weighted by Gasteiger charge is 2.30. The monoisotopic (exact) mass is 401 g/mol. The van der Waals surface area contributed by atoms with Crippen molar-refractivity contribution in [2.75, 3.05) is 57.3 Å². The van der Waals surface area contributed by atoms with Crippen LogP contribution in [0, 0.1) is 0 Å². The predicted molar refractivity (Wildman–Crippen MR) is 111 cm³/mol. The van der Waals surface area contributed by atoms with E-state index in [1.807, 2.05) is 35.2 Å².